The molecule has 0 radical (unpaired) electrons. The van der Waals surface area contributed by atoms with E-state index in [4.69, 9.17) is 30.6 Å². The number of nitrogens with one attached hydrogen (secondary N) is 2. The Kier molecular flexibility index (Phi) is 13.8. The molecule has 16 nitrogen and oxygen atoms in total. The third-order valence-electron chi connectivity index (χ3n) is 6.86. The van der Waals surface area contributed by atoms with Crippen LogP contribution in [-0.4, -0.2) is 87.8 Å². The van der Waals surface area contributed by atoms with Gasteiger partial charge in [-0.1, -0.05) is 64.7 Å². The van der Waals surface area contributed by atoms with Crippen LogP contribution in [0.2, 0.25) is 5.28 Å². The number of aromatic nitrogens is 4. The van der Waals surface area contributed by atoms with E-state index in [-0.39, 0.29) is 22.3 Å². The van der Waals surface area contributed by atoms with Gasteiger partial charge in [0.1, 0.15) is 18.3 Å². The lowest BCUT2D eigenvalue weighted by Gasteiger charge is -2.18. The van der Waals surface area contributed by atoms with Crippen molar-refractivity contribution >= 4 is 49.8 Å². The average Bonchev–Trinajstić information content (AvgIpc) is 3.45. The maximum Gasteiger partial charge on any atom is 0.340 e. The van der Waals surface area contributed by atoms with Gasteiger partial charge >= 0.3 is 21.2 Å². The van der Waals surface area contributed by atoms with Gasteiger partial charge in [-0.05, 0) is 18.0 Å². The molecule has 244 valence electrons. The van der Waals surface area contributed by atoms with Crippen LogP contribution in [0.5, 0.6) is 0 Å². The van der Waals surface area contributed by atoms with Crippen LogP contribution in [0.1, 0.15) is 77.4 Å². The molecule has 1 saturated heterocycles. The quantitative estimate of drug-likeness (QED) is 0.0684. The van der Waals surface area contributed by atoms with Crippen LogP contribution >= 0.6 is 26.8 Å². The molecule has 1 aliphatic heterocycles. The highest BCUT2D eigenvalue weighted by atomic mass is 35.5. The SMILES string of the molecule is CCCCCCCCCCCCNC(=O)Nc1nc(Cl)nc2c1ncn2[C@@H]1O[C@H](COP(=O)(O)CP(=O)(O)O)[C@H](O)[C@@H]1O. The summed E-state index contributed by atoms with van der Waals surface area (Å²) in [5, 5.41) is 26.1. The molecule has 2 aromatic heterocycles. The van der Waals surface area contributed by atoms with Crippen LogP contribution in [0.15, 0.2) is 6.33 Å². The first kappa shape index (κ1) is 35.8. The van der Waals surface area contributed by atoms with E-state index in [1.807, 2.05) is 0 Å². The summed E-state index contributed by atoms with van der Waals surface area (Å²) in [6.07, 6.45) is 7.13. The molecule has 1 fully saturated rings. The van der Waals surface area contributed by atoms with Crippen LogP contribution in [0, 0.1) is 0 Å². The van der Waals surface area contributed by atoms with Crippen molar-refractivity contribution in [2.75, 3.05) is 24.4 Å². The van der Waals surface area contributed by atoms with Gasteiger partial charge in [0.2, 0.25) is 5.28 Å². The first-order chi connectivity index (χ1) is 20.3. The number of hydrogen-bond acceptors (Lipinski definition) is 10. The van der Waals surface area contributed by atoms with Crippen LogP contribution in [-0.2, 0) is 18.4 Å². The number of carbonyl (C=O) groups excluding carboxylic acids is 1. The van der Waals surface area contributed by atoms with E-state index < -0.39 is 58.3 Å². The Morgan fingerprint density at radius 2 is 1.65 bits per heavy atom. The van der Waals surface area contributed by atoms with E-state index in [9.17, 15) is 29.0 Å². The Morgan fingerprint density at radius 3 is 2.28 bits per heavy atom. The highest BCUT2D eigenvalue weighted by Gasteiger charge is 2.45. The predicted molar refractivity (Wildman–Crippen MR) is 158 cm³/mol. The van der Waals surface area contributed by atoms with Crippen molar-refractivity contribution in [3.63, 3.8) is 0 Å². The predicted octanol–water partition coefficient (Wildman–Crippen LogP) is 3.48. The Balaban J connectivity index is 1.53. The van der Waals surface area contributed by atoms with Crippen LogP contribution < -0.4 is 10.6 Å². The van der Waals surface area contributed by atoms with E-state index in [2.05, 4.69) is 32.5 Å². The first-order valence-corrected chi connectivity index (χ1v) is 18.2. The number of imidazole rings is 1. The van der Waals surface area contributed by atoms with E-state index in [1.54, 1.807) is 0 Å². The van der Waals surface area contributed by atoms with Gasteiger partial charge in [-0.25, -0.2) is 9.78 Å². The number of rotatable bonds is 18. The second-order valence-corrected chi connectivity index (χ2v) is 14.8. The van der Waals surface area contributed by atoms with E-state index in [1.165, 1.54) is 55.8 Å². The second-order valence-electron chi connectivity index (χ2n) is 10.5. The molecule has 43 heavy (non-hydrogen) atoms. The normalized spacial score (nSPS) is 22.1. The lowest BCUT2D eigenvalue weighted by atomic mass is 10.1. The number of aliphatic hydroxyl groups is 2. The van der Waals surface area contributed by atoms with Gasteiger partial charge in [-0.2, -0.15) is 9.97 Å². The fourth-order valence-electron chi connectivity index (χ4n) is 4.69. The van der Waals surface area contributed by atoms with Crippen LogP contribution in [0.25, 0.3) is 11.2 Å². The van der Waals surface area contributed by atoms with E-state index in [0.717, 1.165) is 19.3 Å². The molecule has 1 aliphatic rings. The van der Waals surface area contributed by atoms with Crippen molar-refractivity contribution in [2.24, 2.45) is 0 Å². The molecule has 3 heterocycles. The van der Waals surface area contributed by atoms with Gasteiger partial charge < -0.3 is 39.5 Å². The van der Waals surface area contributed by atoms with Crippen LogP contribution in [0.4, 0.5) is 10.6 Å². The number of urea groups is 1. The summed E-state index contributed by atoms with van der Waals surface area (Å²) < 4.78 is 34.6. The summed E-state index contributed by atoms with van der Waals surface area (Å²) in [6, 6.07) is -0.518. The Labute approximate surface area is 254 Å². The third kappa shape index (κ3) is 11.3. The highest BCUT2D eigenvalue weighted by Crippen LogP contribution is 2.55. The summed E-state index contributed by atoms with van der Waals surface area (Å²) >= 11 is 6.08. The Morgan fingerprint density at radius 1 is 1.02 bits per heavy atom. The molecule has 7 N–H and O–H groups in total. The number of carbonyl (C=O) groups is 1. The van der Waals surface area contributed by atoms with Crippen molar-refractivity contribution in [3.8, 4) is 0 Å². The fraction of sp³-hybridized carbons (Fsp3) is 0.750. The number of hydrogen-bond donors (Lipinski definition) is 7. The number of fused-ring (bicyclic) bond motifs is 1. The Bertz CT molecular complexity index is 1300. The first-order valence-electron chi connectivity index (χ1n) is 14.3. The average molecular weight is 671 g/mol. The number of ether oxygens (including phenoxy) is 1. The fourth-order valence-corrected chi connectivity index (χ4v) is 7.42. The van der Waals surface area contributed by atoms with Gasteiger partial charge in [-0.3, -0.25) is 19.0 Å². The largest absolute Gasteiger partial charge is 0.387 e. The molecule has 0 aromatic carbocycles. The van der Waals surface area contributed by atoms with Crippen molar-refractivity contribution < 1.29 is 48.1 Å². The lowest BCUT2D eigenvalue weighted by molar-refractivity contribution is -0.0483. The molecular weight excluding hydrogens is 630 g/mol. The smallest absolute Gasteiger partial charge is 0.340 e. The summed E-state index contributed by atoms with van der Waals surface area (Å²) in [4.78, 5) is 52.4. The standard InChI is InChI=1S/C24H41ClN6O10P2/c1-2-3-4-5-6-7-8-9-10-11-12-26-24(34)29-20-17-21(30-23(25)28-20)31(14-27-17)22-19(33)18(32)16(41-22)13-40-43(38,39)15-42(35,36)37/h14,16,18-19,22,32-33H,2-13,15H2,1H3,(H,38,39)(H2,35,36,37)(H2,26,28,29,30,34)/t16-,18+,19+,22-/m1/s1. The summed E-state index contributed by atoms with van der Waals surface area (Å²) in [5.74, 6) is -1.42. The minimum absolute atomic E-state index is 0.000831. The summed E-state index contributed by atoms with van der Waals surface area (Å²) in [7, 11) is -9.58. The minimum Gasteiger partial charge on any atom is -0.387 e. The van der Waals surface area contributed by atoms with Gasteiger partial charge in [0.25, 0.3) is 0 Å². The summed E-state index contributed by atoms with van der Waals surface area (Å²) in [5.41, 5.74) is 0.169. The molecule has 19 heteroatoms. The van der Waals surface area contributed by atoms with Gasteiger partial charge in [0, 0.05) is 6.54 Å². The van der Waals surface area contributed by atoms with Crippen molar-refractivity contribution in [1.29, 1.82) is 0 Å². The molecule has 1 unspecified atom stereocenters. The lowest BCUT2D eigenvalue weighted by Crippen LogP contribution is -2.33. The van der Waals surface area contributed by atoms with E-state index in [0.29, 0.717) is 6.54 Å². The minimum atomic E-state index is -4.86. The molecular formula is C24H41ClN6O10P2. The zero-order valence-corrected chi connectivity index (χ0v) is 26.5. The van der Waals surface area contributed by atoms with Gasteiger partial charge in [0.05, 0.1) is 12.9 Å². The number of aliphatic hydroxyl groups excluding tert-OH is 2. The molecule has 0 bridgehead atoms. The molecule has 0 spiro atoms. The number of anilines is 1. The van der Waals surface area contributed by atoms with E-state index >= 15 is 0 Å². The van der Waals surface area contributed by atoms with Crippen molar-refractivity contribution in [3.05, 3.63) is 11.6 Å². The highest BCUT2D eigenvalue weighted by molar-refractivity contribution is 7.70. The molecule has 2 amide bonds. The maximum absolute atomic E-state index is 12.5. The van der Waals surface area contributed by atoms with Gasteiger partial charge in [-0.15, -0.1) is 0 Å². The topological polar surface area (TPSA) is 238 Å². The van der Waals surface area contributed by atoms with Crippen molar-refractivity contribution in [1.82, 2.24) is 24.8 Å². The molecule has 3 rings (SSSR count). The zero-order chi connectivity index (χ0) is 31.6. The number of unbranched alkanes of at least 4 members (excludes halogenated alkanes) is 9. The second kappa shape index (κ2) is 16.6. The number of halogens is 1. The number of nitrogens with zero attached hydrogens (tertiary/aromatic N) is 4. The Hall–Kier alpha value is -1.71. The number of amides is 2. The molecule has 0 saturated carbocycles. The molecule has 2 aromatic rings. The zero-order valence-electron chi connectivity index (χ0n) is 23.9. The van der Waals surface area contributed by atoms with Gasteiger partial charge in [0.15, 0.2) is 29.1 Å². The molecule has 5 atom stereocenters. The summed E-state index contributed by atoms with van der Waals surface area (Å²) in [6.45, 7) is 1.92. The third-order valence-corrected chi connectivity index (χ3v) is 10.5. The van der Waals surface area contributed by atoms with Crippen LogP contribution in [0.3, 0.4) is 0 Å². The monoisotopic (exact) mass is 670 g/mol. The molecule has 0 aliphatic carbocycles. The maximum atomic E-state index is 12.5. The van der Waals surface area contributed by atoms with Crippen molar-refractivity contribution in [2.45, 2.75) is 95.7 Å².